The minimum atomic E-state index is -0.852. The summed E-state index contributed by atoms with van der Waals surface area (Å²) in [5.41, 5.74) is 5.96. The highest BCUT2D eigenvalue weighted by molar-refractivity contribution is 5.95. The second kappa shape index (κ2) is 17.4. The molecule has 6 aromatic rings. The molecule has 11 heteroatoms. The molecule has 0 saturated carbocycles. The lowest BCUT2D eigenvalue weighted by molar-refractivity contribution is -0.896. The molecule has 11 nitrogen and oxygen atoms in total. The van der Waals surface area contributed by atoms with E-state index >= 15 is 0 Å². The second-order valence-electron chi connectivity index (χ2n) is 15.6. The number of aromatic amines is 1. The third-order valence-corrected chi connectivity index (χ3v) is 10.8. The van der Waals surface area contributed by atoms with Gasteiger partial charge in [0, 0.05) is 55.1 Å². The van der Waals surface area contributed by atoms with Gasteiger partial charge in [-0.15, -0.1) is 0 Å². The van der Waals surface area contributed by atoms with Crippen molar-refractivity contribution in [1.82, 2.24) is 10.3 Å². The van der Waals surface area contributed by atoms with Crippen LogP contribution in [0.2, 0.25) is 0 Å². The number of anilines is 2. The number of rotatable bonds is 13. The fraction of sp³-hybridized carbons (Fsp3) is 0.283. The minimum absolute atomic E-state index is 0.0471. The number of aliphatic hydroxyl groups is 1. The molecule has 1 fully saturated rings. The van der Waals surface area contributed by atoms with Crippen molar-refractivity contribution in [3.63, 3.8) is 0 Å². The third-order valence-electron chi connectivity index (χ3n) is 10.8. The molecule has 1 atom stereocenters. The number of H-pyrrole nitrogens is 1. The van der Waals surface area contributed by atoms with Gasteiger partial charge in [-0.25, -0.2) is 4.79 Å². The van der Waals surface area contributed by atoms with Crippen LogP contribution in [0.5, 0.6) is 5.75 Å². The Morgan fingerprint density at radius 1 is 0.860 bits per heavy atom. The van der Waals surface area contributed by atoms with Crippen molar-refractivity contribution >= 4 is 45.1 Å². The van der Waals surface area contributed by atoms with Crippen LogP contribution in [0.3, 0.4) is 0 Å². The maximum Gasteiger partial charge on any atom is 0.411 e. The van der Waals surface area contributed by atoms with Crippen LogP contribution >= 0.6 is 0 Å². The number of hydrogen-bond acceptors (Lipinski definition) is 7. The molecular formula is C46H50N5O6+. The number of piperidine rings is 1. The Bertz CT molecular complexity index is 2440. The molecule has 0 radical (unpaired) electrons. The van der Waals surface area contributed by atoms with Gasteiger partial charge in [-0.3, -0.25) is 14.9 Å². The van der Waals surface area contributed by atoms with Gasteiger partial charge in [-0.2, -0.15) is 0 Å². The summed E-state index contributed by atoms with van der Waals surface area (Å²) in [6, 6.07) is 34.0. The molecule has 57 heavy (non-hydrogen) atoms. The molecule has 6 N–H and O–H groups in total. The summed E-state index contributed by atoms with van der Waals surface area (Å²) in [5.74, 6) is -0.118. The number of likely N-dealkylation sites (tertiary alicyclic amines) is 1. The molecule has 7 rings (SSSR count). The summed E-state index contributed by atoms with van der Waals surface area (Å²) >= 11 is 0. The van der Waals surface area contributed by atoms with Gasteiger partial charge in [0.15, 0.2) is 0 Å². The highest BCUT2D eigenvalue weighted by Gasteiger charge is 2.28. The highest BCUT2D eigenvalue weighted by atomic mass is 16.6. The van der Waals surface area contributed by atoms with Crippen LogP contribution in [0.1, 0.15) is 48.5 Å². The number of ether oxygens (including phenoxy) is 1. The van der Waals surface area contributed by atoms with Crippen molar-refractivity contribution < 1.29 is 29.0 Å². The molecule has 0 aliphatic carbocycles. The molecule has 2 heterocycles. The van der Waals surface area contributed by atoms with Gasteiger partial charge in [-0.05, 0) is 82.3 Å². The van der Waals surface area contributed by atoms with E-state index in [-0.39, 0.29) is 29.9 Å². The summed E-state index contributed by atoms with van der Waals surface area (Å²) in [7, 11) is 4.40. The first-order valence-corrected chi connectivity index (χ1v) is 19.5. The van der Waals surface area contributed by atoms with E-state index in [1.54, 1.807) is 12.1 Å². The van der Waals surface area contributed by atoms with E-state index in [1.165, 1.54) is 12.1 Å². The summed E-state index contributed by atoms with van der Waals surface area (Å²) in [6.07, 6.45) is 1.94. The van der Waals surface area contributed by atoms with Crippen LogP contribution in [0.15, 0.2) is 114 Å². The number of amides is 2. The number of aromatic nitrogens is 1. The first-order valence-electron chi connectivity index (χ1n) is 19.5. The van der Waals surface area contributed by atoms with Crippen LogP contribution in [0.25, 0.3) is 32.8 Å². The number of nitrogens with one attached hydrogen (secondary N) is 4. The average molecular weight is 769 g/mol. The number of benzene rings is 5. The second-order valence-corrected chi connectivity index (χ2v) is 15.6. The van der Waals surface area contributed by atoms with E-state index in [0.717, 1.165) is 69.1 Å². The molecule has 1 aliphatic heterocycles. The Kier molecular flexibility index (Phi) is 12.0. The molecule has 1 saturated heterocycles. The minimum Gasteiger partial charge on any atom is -0.506 e. The van der Waals surface area contributed by atoms with E-state index in [9.17, 15) is 24.6 Å². The van der Waals surface area contributed by atoms with Gasteiger partial charge >= 0.3 is 6.09 Å². The topological polar surface area (TPSA) is 153 Å². The lowest BCUT2D eigenvalue weighted by Gasteiger charge is -2.36. The lowest BCUT2D eigenvalue weighted by Crippen LogP contribution is -2.48. The highest BCUT2D eigenvalue weighted by Crippen LogP contribution is 2.31. The monoisotopic (exact) mass is 768 g/mol. The molecule has 0 spiro atoms. The van der Waals surface area contributed by atoms with Crippen molar-refractivity contribution in [2.24, 2.45) is 0 Å². The first-order chi connectivity index (χ1) is 27.5. The Morgan fingerprint density at radius 3 is 2.42 bits per heavy atom. The number of carbonyl (C=O) groups excluding carboxylic acids is 2. The van der Waals surface area contributed by atoms with E-state index in [4.69, 9.17) is 4.74 Å². The van der Waals surface area contributed by atoms with Gasteiger partial charge < -0.3 is 35.1 Å². The zero-order valence-electron chi connectivity index (χ0n) is 32.4. The number of carbonyl (C=O) groups is 2. The van der Waals surface area contributed by atoms with Crippen molar-refractivity contribution in [2.45, 2.75) is 50.9 Å². The Labute approximate surface area is 331 Å². The fourth-order valence-corrected chi connectivity index (χ4v) is 7.54. The Hall–Kier alpha value is -6.01. The number of quaternary nitrogens is 1. The van der Waals surface area contributed by atoms with Crippen LogP contribution in [-0.4, -0.2) is 71.5 Å². The maximum absolute atomic E-state index is 13.1. The van der Waals surface area contributed by atoms with Gasteiger partial charge in [0.1, 0.15) is 11.9 Å². The number of phenolic OH excluding ortho intramolecular Hbond substituents is 1. The number of pyridine rings is 1. The molecule has 1 aromatic heterocycles. The average Bonchev–Trinajstić information content (AvgIpc) is 3.19. The van der Waals surface area contributed by atoms with Crippen molar-refractivity contribution in [3.05, 3.63) is 136 Å². The Morgan fingerprint density at radius 2 is 1.61 bits per heavy atom. The number of hydrogen-bond donors (Lipinski definition) is 6. The number of aliphatic hydroxyl groups excluding tert-OH is 1. The predicted octanol–water partition coefficient (Wildman–Crippen LogP) is 7.63. The number of fused-ring (bicyclic) bond motifs is 2. The van der Waals surface area contributed by atoms with Gasteiger partial charge in [-0.1, -0.05) is 66.7 Å². The SMILES string of the molecule is C[N+]1(C)CCC(OC(=O)Nc2cc(CCCC(=O)Nc3ccc4cc(CNC[C@@H](O)c5ccc(O)c6[nH]c(=O)ccc56)ccc4c3)ccc2-c2ccccc2)CC1. The van der Waals surface area contributed by atoms with E-state index in [1.807, 2.05) is 72.8 Å². The largest absolute Gasteiger partial charge is 0.506 e. The predicted molar refractivity (Wildman–Crippen MR) is 225 cm³/mol. The first kappa shape index (κ1) is 39.2. The van der Waals surface area contributed by atoms with Crippen molar-refractivity contribution in [1.29, 1.82) is 0 Å². The standard InChI is InChI=1S/C46H49N5O6/c1-51(2)23-21-36(22-24-51)57-46(56)49-40-26-30(12-16-37(40)32-8-4-3-5-9-32)7-6-10-43(54)48-35-15-14-33-25-31(11-13-34(33)27-35)28-47-29-42(53)38-17-19-41(52)45-39(38)18-20-44(55)50-45/h3-5,8-9,11-20,25-27,36,42,47,53H,6-7,10,21-24,28-29H2,1-2H3,(H3-,48,49,50,52,54,55,56)/p+1/t42-/m1/s1. The quantitative estimate of drug-likeness (QED) is 0.0661. The number of aryl methyl sites for hydroxylation is 1. The summed E-state index contributed by atoms with van der Waals surface area (Å²) in [4.78, 5) is 40.4. The van der Waals surface area contributed by atoms with Gasteiger partial charge in [0.05, 0.1) is 44.5 Å². The molecule has 0 bridgehead atoms. The van der Waals surface area contributed by atoms with Crippen molar-refractivity contribution in [2.75, 3.05) is 44.4 Å². The number of phenols is 1. The van der Waals surface area contributed by atoms with Gasteiger partial charge in [0.25, 0.3) is 0 Å². The number of aromatic hydroxyl groups is 1. The maximum atomic E-state index is 13.1. The zero-order chi connectivity index (χ0) is 39.9. The summed E-state index contributed by atoms with van der Waals surface area (Å²) in [6.45, 7) is 2.74. The van der Waals surface area contributed by atoms with Gasteiger partial charge in [0.2, 0.25) is 11.5 Å². The van der Waals surface area contributed by atoms with Crippen LogP contribution in [0.4, 0.5) is 16.2 Å². The lowest BCUT2D eigenvalue weighted by atomic mass is 9.99. The number of nitrogens with zero attached hydrogens (tertiary/aromatic N) is 1. The molecule has 0 unspecified atom stereocenters. The summed E-state index contributed by atoms with van der Waals surface area (Å²) < 4.78 is 6.77. The molecule has 294 valence electrons. The molecule has 2 amide bonds. The van der Waals surface area contributed by atoms with Crippen LogP contribution in [-0.2, 0) is 22.5 Å². The van der Waals surface area contributed by atoms with E-state index in [0.29, 0.717) is 48.0 Å². The third kappa shape index (κ3) is 10.1. The Balaban J connectivity index is 0.909. The smallest absolute Gasteiger partial charge is 0.411 e. The molecular weight excluding hydrogens is 719 g/mol. The van der Waals surface area contributed by atoms with Crippen molar-refractivity contribution in [3.8, 4) is 16.9 Å². The fourth-order valence-electron chi connectivity index (χ4n) is 7.54. The van der Waals surface area contributed by atoms with Crippen LogP contribution < -0.4 is 21.5 Å². The van der Waals surface area contributed by atoms with E-state index < -0.39 is 12.2 Å². The summed E-state index contributed by atoms with van der Waals surface area (Å²) in [5, 5.41) is 33.0. The zero-order valence-corrected chi connectivity index (χ0v) is 32.4. The van der Waals surface area contributed by atoms with Crippen LogP contribution in [0, 0.1) is 0 Å². The molecule has 1 aliphatic rings. The van der Waals surface area contributed by atoms with E-state index in [2.05, 4.69) is 47.2 Å². The molecule has 5 aromatic carbocycles. The normalized spacial score (nSPS) is 14.6.